The van der Waals surface area contributed by atoms with Gasteiger partial charge in [-0.1, -0.05) is 6.92 Å². The molecule has 1 unspecified atom stereocenters. The summed E-state index contributed by atoms with van der Waals surface area (Å²) in [5, 5.41) is 3.52. The van der Waals surface area contributed by atoms with E-state index in [9.17, 15) is 0 Å². The van der Waals surface area contributed by atoms with E-state index >= 15 is 0 Å². The monoisotopic (exact) mass is 305 g/mol. The number of ether oxygens (including phenoxy) is 1. The van der Waals surface area contributed by atoms with Gasteiger partial charge in [0.05, 0.1) is 22.5 Å². The predicted octanol–water partition coefficient (Wildman–Crippen LogP) is 3.98. The van der Waals surface area contributed by atoms with Crippen molar-refractivity contribution in [3.05, 3.63) is 20.8 Å². The Labute approximate surface area is 111 Å². The molecule has 1 N–H and O–H groups in total. The molecular formula is C12H20BrNOS. The average Bonchev–Trinajstić information content (AvgIpc) is 2.64. The summed E-state index contributed by atoms with van der Waals surface area (Å²) in [5.41, 5.74) is 0. The highest BCUT2D eigenvalue weighted by Crippen LogP contribution is 2.27. The Morgan fingerprint density at radius 1 is 1.44 bits per heavy atom. The van der Waals surface area contributed by atoms with Crippen molar-refractivity contribution < 1.29 is 4.74 Å². The molecule has 0 saturated heterocycles. The SMILES string of the molecule is CCCNC(COC(C)C)c1ccc(Br)s1. The third kappa shape index (κ3) is 4.95. The number of hydrogen-bond acceptors (Lipinski definition) is 3. The fourth-order valence-electron chi connectivity index (χ4n) is 1.36. The maximum absolute atomic E-state index is 5.69. The Kier molecular flexibility index (Phi) is 6.58. The van der Waals surface area contributed by atoms with E-state index in [0.717, 1.165) is 19.6 Å². The highest BCUT2D eigenvalue weighted by molar-refractivity contribution is 9.11. The minimum atomic E-state index is 0.286. The van der Waals surface area contributed by atoms with E-state index < -0.39 is 0 Å². The first kappa shape index (κ1) is 14.2. The zero-order chi connectivity index (χ0) is 12.0. The van der Waals surface area contributed by atoms with Crippen LogP contribution in [-0.2, 0) is 4.74 Å². The number of nitrogens with one attached hydrogen (secondary N) is 1. The molecule has 0 spiro atoms. The number of halogens is 1. The first-order chi connectivity index (χ1) is 7.63. The maximum Gasteiger partial charge on any atom is 0.0702 e. The molecule has 0 fully saturated rings. The van der Waals surface area contributed by atoms with Gasteiger partial charge in [0.15, 0.2) is 0 Å². The molecule has 0 saturated carbocycles. The highest BCUT2D eigenvalue weighted by Gasteiger charge is 2.13. The maximum atomic E-state index is 5.69. The summed E-state index contributed by atoms with van der Waals surface area (Å²) in [4.78, 5) is 1.33. The summed E-state index contributed by atoms with van der Waals surface area (Å²) < 4.78 is 6.87. The summed E-state index contributed by atoms with van der Waals surface area (Å²) in [6.45, 7) is 8.09. The van der Waals surface area contributed by atoms with Crippen LogP contribution in [0.1, 0.15) is 38.1 Å². The van der Waals surface area contributed by atoms with Gasteiger partial charge in [-0.3, -0.25) is 0 Å². The summed E-state index contributed by atoms with van der Waals surface area (Å²) >= 11 is 5.27. The van der Waals surface area contributed by atoms with Gasteiger partial charge in [-0.2, -0.15) is 0 Å². The van der Waals surface area contributed by atoms with Gasteiger partial charge in [-0.05, 0) is 54.9 Å². The van der Waals surface area contributed by atoms with Crippen LogP contribution < -0.4 is 5.32 Å². The number of hydrogen-bond donors (Lipinski definition) is 1. The third-order valence-corrected chi connectivity index (χ3v) is 3.91. The molecule has 0 aliphatic heterocycles. The van der Waals surface area contributed by atoms with Gasteiger partial charge in [-0.25, -0.2) is 0 Å². The van der Waals surface area contributed by atoms with Crippen molar-refractivity contribution in [1.82, 2.24) is 5.32 Å². The largest absolute Gasteiger partial charge is 0.377 e. The smallest absolute Gasteiger partial charge is 0.0702 e. The van der Waals surface area contributed by atoms with Crippen molar-refractivity contribution in [2.75, 3.05) is 13.2 Å². The van der Waals surface area contributed by atoms with E-state index in [1.165, 1.54) is 8.66 Å². The van der Waals surface area contributed by atoms with Gasteiger partial charge in [0, 0.05) is 4.88 Å². The van der Waals surface area contributed by atoms with Gasteiger partial charge < -0.3 is 10.1 Å². The van der Waals surface area contributed by atoms with Crippen LogP contribution in [-0.4, -0.2) is 19.3 Å². The molecule has 0 radical (unpaired) electrons. The Balaban J connectivity index is 2.55. The van der Waals surface area contributed by atoms with E-state index in [1.54, 1.807) is 11.3 Å². The lowest BCUT2D eigenvalue weighted by atomic mass is 10.2. The summed E-state index contributed by atoms with van der Waals surface area (Å²) in [6.07, 6.45) is 1.43. The fraction of sp³-hybridized carbons (Fsp3) is 0.667. The molecule has 1 rings (SSSR count). The first-order valence-electron chi connectivity index (χ1n) is 5.73. The summed E-state index contributed by atoms with van der Waals surface area (Å²) in [7, 11) is 0. The Morgan fingerprint density at radius 2 is 2.19 bits per heavy atom. The van der Waals surface area contributed by atoms with Crippen LogP contribution in [0.2, 0.25) is 0 Å². The van der Waals surface area contributed by atoms with Crippen LogP contribution in [0.15, 0.2) is 15.9 Å². The van der Waals surface area contributed by atoms with Crippen LogP contribution in [0.25, 0.3) is 0 Å². The topological polar surface area (TPSA) is 21.3 Å². The third-order valence-electron chi connectivity index (χ3n) is 2.17. The van der Waals surface area contributed by atoms with Crippen molar-refractivity contribution in [3.63, 3.8) is 0 Å². The Hall–Kier alpha value is 0.1000. The van der Waals surface area contributed by atoms with Crippen molar-refractivity contribution in [1.29, 1.82) is 0 Å². The molecule has 1 aromatic heterocycles. The molecule has 0 bridgehead atoms. The fourth-order valence-corrected chi connectivity index (χ4v) is 2.85. The molecule has 0 amide bonds. The molecule has 0 aliphatic rings. The predicted molar refractivity (Wildman–Crippen MR) is 74.1 cm³/mol. The lowest BCUT2D eigenvalue weighted by Crippen LogP contribution is -2.26. The van der Waals surface area contributed by atoms with Crippen LogP contribution in [0, 0.1) is 0 Å². The van der Waals surface area contributed by atoms with Crippen molar-refractivity contribution in [2.45, 2.75) is 39.3 Å². The second kappa shape index (κ2) is 7.43. The standard InChI is InChI=1S/C12H20BrNOS/c1-4-7-14-10(8-15-9(2)3)11-5-6-12(13)16-11/h5-6,9-10,14H,4,7-8H2,1-3H3. The van der Waals surface area contributed by atoms with Crippen LogP contribution in [0.4, 0.5) is 0 Å². The second-order valence-electron chi connectivity index (χ2n) is 4.03. The summed E-state index contributed by atoms with van der Waals surface area (Å²) in [6, 6.07) is 4.57. The van der Waals surface area contributed by atoms with Crippen LogP contribution in [0.3, 0.4) is 0 Å². The molecule has 4 heteroatoms. The molecule has 1 heterocycles. The van der Waals surface area contributed by atoms with Gasteiger partial charge in [0.2, 0.25) is 0 Å². The highest BCUT2D eigenvalue weighted by atomic mass is 79.9. The van der Waals surface area contributed by atoms with Gasteiger partial charge in [0.1, 0.15) is 0 Å². The number of rotatable bonds is 7. The lowest BCUT2D eigenvalue weighted by molar-refractivity contribution is 0.0618. The van der Waals surface area contributed by atoms with E-state index in [1.807, 2.05) is 0 Å². The lowest BCUT2D eigenvalue weighted by Gasteiger charge is -2.18. The molecule has 0 aromatic carbocycles. The quantitative estimate of drug-likeness (QED) is 0.823. The minimum absolute atomic E-state index is 0.286. The van der Waals surface area contributed by atoms with E-state index in [0.29, 0.717) is 6.04 Å². The van der Waals surface area contributed by atoms with Crippen LogP contribution in [0.5, 0.6) is 0 Å². The van der Waals surface area contributed by atoms with Gasteiger partial charge in [-0.15, -0.1) is 11.3 Å². The van der Waals surface area contributed by atoms with Gasteiger partial charge >= 0.3 is 0 Å². The normalized spacial score (nSPS) is 13.3. The number of thiophene rings is 1. The molecule has 1 aromatic rings. The van der Waals surface area contributed by atoms with Crippen LogP contribution >= 0.6 is 27.3 Å². The van der Waals surface area contributed by atoms with E-state index in [-0.39, 0.29) is 6.10 Å². The Bertz CT molecular complexity index is 301. The minimum Gasteiger partial charge on any atom is -0.377 e. The van der Waals surface area contributed by atoms with E-state index in [4.69, 9.17) is 4.74 Å². The molecule has 1 atom stereocenters. The zero-order valence-corrected chi connectivity index (χ0v) is 12.5. The zero-order valence-electron chi connectivity index (χ0n) is 10.1. The molecule has 0 aliphatic carbocycles. The second-order valence-corrected chi connectivity index (χ2v) is 6.53. The molecular weight excluding hydrogens is 286 g/mol. The van der Waals surface area contributed by atoms with Gasteiger partial charge in [0.25, 0.3) is 0 Å². The van der Waals surface area contributed by atoms with Crippen molar-refractivity contribution in [3.8, 4) is 0 Å². The summed E-state index contributed by atoms with van der Waals surface area (Å²) in [5.74, 6) is 0. The Morgan fingerprint density at radius 3 is 2.69 bits per heavy atom. The van der Waals surface area contributed by atoms with Crippen molar-refractivity contribution in [2.24, 2.45) is 0 Å². The molecule has 92 valence electrons. The molecule has 2 nitrogen and oxygen atoms in total. The average molecular weight is 306 g/mol. The van der Waals surface area contributed by atoms with Crippen molar-refractivity contribution >= 4 is 27.3 Å². The van der Waals surface area contributed by atoms with E-state index in [2.05, 4.69) is 54.2 Å². The first-order valence-corrected chi connectivity index (χ1v) is 7.34. The molecule has 16 heavy (non-hydrogen) atoms.